The van der Waals surface area contributed by atoms with Crippen molar-refractivity contribution in [2.45, 2.75) is 39.2 Å². The second kappa shape index (κ2) is 9.06. The molecule has 0 spiro atoms. The second-order valence-corrected chi connectivity index (χ2v) is 6.10. The molecule has 1 N–H and O–H groups in total. The standard InChI is InChI=1S/C18H30N2O/c1-3-5-16-8-10-20(11-9-16)12-13-21-18-7-4-6-17(14-18)15-19-2/h4,6-7,14,16,19H,3,5,8-13,15H2,1-2H3. The van der Waals surface area contributed by atoms with E-state index in [-0.39, 0.29) is 0 Å². The van der Waals surface area contributed by atoms with Gasteiger partial charge in [-0.05, 0) is 56.6 Å². The normalized spacial score (nSPS) is 17.0. The Morgan fingerprint density at radius 1 is 1.29 bits per heavy atom. The third-order valence-electron chi connectivity index (χ3n) is 4.36. The Hall–Kier alpha value is -1.06. The number of ether oxygens (including phenoxy) is 1. The summed E-state index contributed by atoms with van der Waals surface area (Å²) in [4.78, 5) is 2.55. The minimum Gasteiger partial charge on any atom is -0.492 e. The molecule has 0 aliphatic carbocycles. The highest BCUT2D eigenvalue weighted by Gasteiger charge is 2.17. The predicted octanol–water partition coefficient (Wildman–Crippen LogP) is 3.30. The molecular weight excluding hydrogens is 260 g/mol. The molecule has 1 aromatic rings. The zero-order valence-electron chi connectivity index (χ0n) is 13.6. The first-order valence-electron chi connectivity index (χ1n) is 8.40. The number of hydrogen-bond acceptors (Lipinski definition) is 3. The Morgan fingerprint density at radius 2 is 2.10 bits per heavy atom. The maximum atomic E-state index is 5.90. The van der Waals surface area contributed by atoms with E-state index in [4.69, 9.17) is 4.74 Å². The van der Waals surface area contributed by atoms with Crippen LogP contribution in [0, 0.1) is 5.92 Å². The van der Waals surface area contributed by atoms with Crippen LogP contribution in [0.3, 0.4) is 0 Å². The molecule has 0 atom stereocenters. The van der Waals surface area contributed by atoms with Gasteiger partial charge in [-0.1, -0.05) is 31.9 Å². The fourth-order valence-electron chi connectivity index (χ4n) is 3.15. The summed E-state index contributed by atoms with van der Waals surface area (Å²) in [6.07, 6.45) is 5.47. The fourth-order valence-corrected chi connectivity index (χ4v) is 3.15. The predicted molar refractivity (Wildman–Crippen MR) is 88.8 cm³/mol. The number of nitrogens with zero attached hydrogens (tertiary/aromatic N) is 1. The number of piperidine rings is 1. The molecule has 3 nitrogen and oxygen atoms in total. The smallest absolute Gasteiger partial charge is 0.119 e. The van der Waals surface area contributed by atoms with Crippen LogP contribution in [-0.4, -0.2) is 38.2 Å². The van der Waals surface area contributed by atoms with Gasteiger partial charge in [0.05, 0.1) is 0 Å². The molecule has 0 bridgehead atoms. The first kappa shape index (κ1) is 16.3. The Kier molecular flexibility index (Phi) is 7.04. The lowest BCUT2D eigenvalue weighted by Gasteiger charge is -2.31. The van der Waals surface area contributed by atoms with Gasteiger partial charge < -0.3 is 10.1 Å². The second-order valence-electron chi connectivity index (χ2n) is 6.10. The molecule has 0 radical (unpaired) electrons. The monoisotopic (exact) mass is 290 g/mol. The molecule has 1 aliphatic rings. The molecule has 21 heavy (non-hydrogen) atoms. The van der Waals surface area contributed by atoms with E-state index < -0.39 is 0 Å². The van der Waals surface area contributed by atoms with Gasteiger partial charge in [0.25, 0.3) is 0 Å². The van der Waals surface area contributed by atoms with E-state index in [2.05, 4.69) is 35.3 Å². The number of hydrogen-bond donors (Lipinski definition) is 1. The van der Waals surface area contributed by atoms with Crippen molar-refractivity contribution in [1.29, 1.82) is 0 Å². The van der Waals surface area contributed by atoms with Crippen molar-refractivity contribution in [3.63, 3.8) is 0 Å². The fraction of sp³-hybridized carbons (Fsp3) is 0.667. The molecule has 1 aromatic carbocycles. The van der Waals surface area contributed by atoms with E-state index in [1.54, 1.807) is 0 Å². The van der Waals surface area contributed by atoms with Crippen molar-refractivity contribution in [1.82, 2.24) is 10.2 Å². The van der Waals surface area contributed by atoms with Gasteiger partial charge in [-0.25, -0.2) is 0 Å². The maximum Gasteiger partial charge on any atom is 0.119 e. The highest BCUT2D eigenvalue weighted by molar-refractivity contribution is 5.28. The van der Waals surface area contributed by atoms with Gasteiger partial charge in [0.1, 0.15) is 12.4 Å². The first-order valence-corrected chi connectivity index (χ1v) is 8.40. The van der Waals surface area contributed by atoms with Crippen molar-refractivity contribution >= 4 is 0 Å². The highest BCUT2D eigenvalue weighted by atomic mass is 16.5. The molecule has 1 aliphatic heterocycles. The lowest BCUT2D eigenvalue weighted by Crippen LogP contribution is -2.36. The lowest BCUT2D eigenvalue weighted by molar-refractivity contribution is 0.151. The summed E-state index contributed by atoms with van der Waals surface area (Å²) < 4.78 is 5.90. The van der Waals surface area contributed by atoms with Crippen molar-refractivity contribution in [2.75, 3.05) is 33.3 Å². The summed E-state index contributed by atoms with van der Waals surface area (Å²) in [5.41, 5.74) is 1.27. The lowest BCUT2D eigenvalue weighted by atomic mass is 9.92. The van der Waals surface area contributed by atoms with Gasteiger partial charge >= 0.3 is 0 Å². The van der Waals surface area contributed by atoms with E-state index in [0.717, 1.165) is 31.4 Å². The molecule has 118 valence electrons. The SMILES string of the molecule is CCCC1CCN(CCOc2cccc(CNC)c2)CC1. The van der Waals surface area contributed by atoms with Gasteiger partial charge in [0, 0.05) is 13.1 Å². The van der Waals surface area contributed by atoms with Crippen LogP contribution in [-0.2, 0) is 6.54 Å². The summed E-state index contributed by atoms with van der Waals surface area (Å²) in [7, 11) is 1.97. The van der Waals surface area contributed by atoms with Crippen molar-refractivity contribution in [3.05, 3.63) is 29.8 Å². The topological polar surface area (TPSA) is 24.5 Å². The first-order chi connectivity index (χ1) is 10.3. The zero-order valence-corrected chi connectivity index (χ0v) is 13.6. The molecule has 1 saturated heterocycles. The Balaban J connectivity index is 1.67. The summed E-state index contributed by atoms with van der Waals surface area (Å²) in [6.45, 7) is 7.52. The van der Waals surface area contributed by atoms with Crippen LogP contribution in [0.5, 0.6) is 5.75 Å². The van der Waals surface area contributed by atoms with E-state index >= 15 is 0 Å². The molecule has 3 heteroatoms. The summed E-state index contributed by atoms with van der Waals surface area (Å²) in [5, 5.41) is 3.17. The molecule has 2 rings (SSSR count). The van der Waals surface area contributed by atoms with Crippen LogP contribution < -0.4 is 10.1 Å². The number of benzene rings is 1. The van der Waals surface area contributed by atoms with E-state index in [1.165, 1.54) is 44.3 Å². The average Bonchev–Trinajstić information content (AvgIpc) is 2.50. The summed E-state index contributed by atoms with van der Waals surface area (Å²) in [5.74, 6) is 1.95. The third kappa shape index (κ3) is 5.68. The number of rotatable bonds is 8. The minimum absolute atomic E-state index is 0.793. The maximum absolute atomic E-state index is 5.90. The molecular formula is C18H30N2O. The zero-order chi connectivity index (χ0) is 14.9. The minimum atomic E-state index is 0.793. The average molecular weight is 290 g/mol. The van der Waals surface area contributed by atoms with Crippen molar-refractivity contribution in [3.8, 4) is 5.75 Å². The van der Waals surface area contributed by atoms with Gasteiger partial charge in [0.15, 0.2) is 0 Å². The summed E-state index contributed by atoms with van der Waals surface area (Å²) in [6, 6.07) is 8.37. The Labute approximate surface area is 129 Å². The van der Waals surface area contributed by atoms with Gasteiger partial charge in [-0.2, -0.15) is 0 Å². The van der Waals surface area contributed by atoms with Crippen LogP contribution in [0.4, 0.5) is 0 Å². The van der Waals surface area contributed by atoms with Crippen LogP contribution in [0.15, 0.2) is 24.3 Å². The summed E-state index contributed by atoms with van der Waals surface area (Å²) >= 11 is 0. The number of nitrogens with one attached hydrogen (secondary N) is 1. The van der Waals surface area contributed by atoms with Crippen LogP contribution in [0.1, 0.15) is 38.2 Å². The molecule has 1 fully saturated rings. The Morgan fingerprint density at radius 3 is 2.81 bits per heavy atom. The molecule has 0 amide bonds. The van der Waals surface area contributed by atoms with Crippen molar-refractivity contribution in [2.24, 2.45) is 5.92 Å². The molecule has 0 aromatic heterocycles. The van der Waals surface area contributed by atoms with Crippen LogP contribution in [0.2, 0.25) is 0 Å². The third-order valence-corrected chi connectivity index (χ3v) is 4.36. The van der Waals surface area contributed by atoms with E-state index in [9.17, 15) is 0 Å². The largest absolute Gasteiger partial charge is 0.492 e. The van der Waals surface area contributed by atoms with Crippen LogP contribution >= 0.6 is 0 Å². The Bertz CT molecular complexity index is 400. The van der Waals surface area contributed by atoms with Crippen LogP contribution in [0.25, 0.3) is 0 Å². The van der Waals surface area contributed by atoms with Gasteiger partial charge in [0.2, 0.25) is 0 Å². The van der Waals surface area contributed by atoms with Gasteiger partial charge in [-0.15, -0.1) is 0 Å². The van der Waals surface area contributed by atoms with Gasteiger partial charge in [-0.3, -0.25) is 4.90 Å². The number of likely N-dealkylation sites (tertiary alicyclic amines) is 1. The molecule has 0 saturated carbocycles. The molecule has 0 unspecified atom stereocenters. The highest BCUT2D eigenvalue weighted by Crippen LogP contribution is 2.21. The van der Waals surface area contributed by atoms with E-state index in [0.29, 0.717) is 0 Å². The quantitative estimate of drug-likeness (QED) is 0.795. The van der Waals surface area contributed by atoms with E-state index in [1.807, 2.05) is 13.1 Å². The molecule has 1 heterocycles. The van der Waals surface area contributed by atoms with Crippen molar-refractivity contribution < 1.29 is 4.74 Å².